The van der Waals surface area contributed by atoms with Gasteiger partial charge < -0.3 is 10.4 Å². The smallest absolute Gasteiger partial charge is 0.282 e. The number of rotatable bonds is 4. The molecule has 3 unspecified atom stereocenters. The van der Waals surface area contributed by atoms with Gasteiger partial charge in [-0.15, -0.1) is 0 Å². The second-order valence-electron chi connectivity index (χ2n) is 5.71. The highest BCUT2D eigenvalue weighted by Crippen LogP contribution is 2.40. The molecule has 17 heavy (non-hydrogen) atoms. The average molecular weight is 247 g/mol. The fraction of sp³-hybridized carbons (Fsp3) is 1.00. The minimum Gasteiger partial charge on any atom is -0.390 e. The molecule has 0 aromatic heterocycles. The van der Waals surface area contributed by atoms with Gasteiger partial charge in [0, 0.05) is 6.04 Å². The number of nitrogens with one attached hydrogen (secondary N) is 1. The summed E-state index contributed by atoms with van der Waals surface area (Å²) in [4.78, 5) is 0. The molecule has 2 aliphatic rings. The van der Waals surface area contributed by atoms with E-state index < -0.39 is 12.5 Å². The molecular formula is C13H23F2NO. The zero-order chi connectivity index (χ0) is 12.3. The monoisotopic (exact) mass is 247 g/mol. The third kappa shape index (κ3) is 3.62. The van der Waals surface area contributed by atoms with Crippen molar-refractivity contribution in [3.05, 3.63) is 0 Å². The maximum Gasteiger partial charge on any atom is 0.282 e. The van der Waals surface area contributed by atoms with Crippen molar-refractivity contribution >= 4 is 0 Å². The molecule has 0 aromatic carbocycles. The Labute approximate surface area is 102 Å². The highest BCUT2D eigenvalue weighted by molar-refractivity contribution is 4.87. The summed E-state index contributed by atoms with van der Waals surface area (Å²) in [5, 5.41) is 11.5. The molecule has 0 aliphatic heterocycles. The van der Waals surface area contributed by atoms with E-state index in [1.807, 2.05) is 0 Å². The Morgan fingerprint density at radius 2 is 1.76 bits per heavy atom. The van der Waals surface area contributed by atoms with E-state index in [0.717, 1.165) is 24.7 Å². The normalized spacial score (nSPS) is 34.4. The molecule has 2 saturated carbocycles. The van der Waals surface area contributed by atoms with Gasteiger partial charge in [-0.2, -0.15) is 0 Å². The molecule has 2 rings (SSSR count). The zero-order valence-corrected chi connectivity index (χ0v) is 10.3. The summed E-state index contributed by atoms with van der Waals surface area (Å²) in [7, 11) is 0. The van der Waals surface area contributed by atoms with E-state index in [4.69, 9.17) is 5.11 Å². The number of fused-ring (bicyclic) bond motifs is 1. The van der Waals surface area contributed by atoms with Crippen molar-refractivity contribution in [2.24, 2.45) is 11.8 Å². The van der Waals surface area contributed by atoms with E-state index in [0.29, 0.717) is 0 Å². The molecule has 0 bridgehead atoms. The van der Waals surface area contributed by atoms with E-state index >= 15 is 0 Å². The number of hydrogen-bond acceptors (Lipinski definition) is 2. The summed E-state index contributed by atoms with van der Waals surface area (Å²) in [6.07, 6.45) is 8.52. The Hall–Kier alpha value is -0.220. The van der Waals surface area contributed by atoms with E-state index in [1.54, 1.807) is 0 Å². The summed E-state index contributed by atoms with van der Waals surface area (Å²) < 4.78 is 25.9. The van der Waals surface area contributed by atoms with Crippen LogP contribution in [-0.4, -0.2) is 30.2 Å². The van der Waals surface area contributed by atoms with Crippen molar-refractivity contribution in [1.29, 1.82) is 0 Å². The van der Waals surface area contributed by atoms with Crippen LogP contribution in [0.3, 0.4) is 0 Å². The summed E-state index contributed by atoms with van der Waals surface area (Å²) in [5.41, 5.74) is 0. The second kappa shape index (κ2) is 5.61. The molecule has 3 atom stereocenters. The Morgan fingerprint density at radius 1 is 1.06 bits per heavy atom. The van der Waals surface area contributed by atoms with Crippen molar-refractivity contribution in [3.8, 4) is 0 Å². The van der Waals surface area contributed by atoms with Gasteiger partial charge in [0.1, 0.15) is 6.61 Å². The molecule has 100 valence electrons. The van der Waals surface area contributed by atoms with Gasteiger partial charge in [0.15, 0.2) is 0 Å². The molecule has 0 spiro atoms. The highest BCUT2D eigenvalue weighted by Gasteiger charge is 2.34. The Morgan fingerprint density at radius 3 is 2.47 bits per heavy atom. The van der Waals surface area contributed by atoms with Gasteiger partial charge in [-0.1, -0.05) is 25.7 Å². The van der Waals surface area contributed by atoms with E-state index in [9.17, 15) is 8.78 Å². The fourth-order valence-electron chi connectivity index (χ4n) is 3.41. The summed E-state index contributed by atoms with van der Waals surface area (Å²) >= 11 is 0. The first-order valence-electron chi connectivity index (χ1n) is 6.83. The molecule has 0 amide bonds. The second-order valence-corrected chi connectivity index (χ2v) is 5.71. The van der Waals surface area contributed by atoms with Crippen molar-refractivity contribution in [2.75, 3.05) is 13.2 Å². The first-order chi connectivity index (χ1) is 8.11. The minimum atomic E-state index is -2.97. The van der Waals surface area contributed by atoms with Crippen LogP contribution in [0.2, 0.25) is 0 Å². The van der Waals surface area contributed by atoms with Crippen LogP contribution in [0, 0.1) is 11.8 Å². The SMILES string of the molecule is OCC(F)(F)CNC1CCC2CCCCC2C1. The van der Waals surface area contributed by atoms with Gasteiger partial charge in [-0.25, -0.2) is 8.78 Å². The Bertz CT molecular complexity index is 248. The average Bonchev–Trinajstić information content (AvgIpc) is 2.36. The maximum atomic E-state index is 12.9. The number of alkyl halides is 2. The highest BCUT2D eigenvalue weighted by atomic mass is 19.3. The van der Waals surface area contributed by atoms with Crippen LogP contribution in [-0.2, 0) is 0 Å². The first kappa shape index (κ1) is 13.2. The number of halogens is 2. The summed E-state index contributed by atoms with van der Waals surface area (Å²) in [6.45, 7) is -1.44. The predicted octanol–water partition coefficient (Wildman–Crippen LogP) is 2.56. The molecule has 0 radical (unpaired) electrons. The molecular weight excluding hydrogens is 224 g/mol. The van der Waals surface area contributed by atoms with Crippen molar-refractivity contribution in [1.82, 2.24) is 5.32 Å². The summed E-state index contributed by atoms with van der Waals surface area (Å²) in [6, 6.07) is 0.228. The van der Waals surface area contributed by atoms with Crippen molar-refractivity contribution in [3.63, 3.8) is 0 Å². The zero-order valence-electron chi connectivity index (χ0n) is 10.3. The van der Waals surface area contributed by atoms with Crippen LogP contribution in [0.1, 0.15) is 44.9 Å². The van der Waals surface area contributed by atoms with Gasteiger partial charge in [0.05, 0.1) is 6.54 Å². The van der Waals surface area contributed by atoms with Crippen LogP contribution in [0.5, 0.6) is 0 Å². The van der Waals surface area contributed by atoms with Gasteiger partial charge in [-0.05, 0) is 31.1 Å². The lowest BCUT2D eigenvalue weighted by Gasteiger charge is -2.39. The third-order valence-electron chi connectivity index (χ3n) is 4.42. The molecule has 2 nitrogen and oxygen atoms in total. The number of aliphatic hydroxyl groups excluding tert-OH is 1. The molecule has 2 aliphatic carbocycles. The van der Waals surface area contributed by atoms with Gasteiger partial charge in [0.2, 0.25) is 0 Å². The lowest BCUT2D eigenvalue weighted by atomic mass is 9.69. The number of hydrogen-bond donors (Lipinski definition) is 2. The Balaban J connectivity index is 1.76. The lowest BCUT2D eigenvalue weighted by Crippen LogP contribution is -2.44. The topological polar surface area (TPSA) is 32.3 Å². The Kier molecular flexibility index (Phi) is 4.36. The first-order valence-corrected chi connectivity index (χ1v) is 6.83. The van der Waals surface area contributed by atoms with Crippen LogP contribution in [0.4, 0.5) is 8.78 Å². The molecule has 0 saturated heterocycles. The molecule has 0 heterocycles. The standard InChI is InChI=1S/C13H23F2NO/c14-13(15,9-17)8-16-12-6-5-10-3-1-2-4-11(10)7-12/h10-12,16-17H,1-9H2. The fourth-order valence-corrected chi connectivity index (χ4v) is 3.41. The molecule has 0 aromatic rings. The predicted molar refractivity (Wildman–Crippen MR) is 63.1 cm³/mol. The summed E-state index contributed by atoms with van der Waals surface area (Å²) in [5.74, 6) is -1.37. The van der Waals surface area contributed by atoms with Crippen molar-refractivity contribution < 1.29 is 13.9 Å². The number of aliphatic hydroxyl groups is 1. The van der Waals surface area contributed by atoms with Crippen LogP contribution >= 0.6 is 0 Å². The third-order valence-corrected chi connectivity index (χ3v) is 4.42. The lowest BCUT2D eigenvalue weighted by molar-refractivity contribution is -0.0511. The van der Waals surface area contributed by atoms with Crippen molar-refractivity contribution in [2.45, 2.75) is 56.9 Å². The van der Waals surface area contributed by atoms with E-state index in [2.05, 4.69) is 5.32 Å². The van der Waals surface area contributed by atoms with E-state index in [-0.39, 0.29) is 12.6 Å². The molecule has 4 heteroatoms. The van der Waals surface area contributed by atoms with Crippen LogP contribution in [0.25, 0.3) is 0 Å². The van der Waals surface area contributed by atoms with Gasteiger partial charge in [0.25, 0.3) is 5.92 Å². The largest absolute Gasteiger partial charge is 0.390 e. The maximum absolute atomic E-state index is 12.9. The van der Waals surface area contributed by atoms with Crippen LogP contribution < -0.4 is 5.32 Å². The quantitative estimate of drug-likeness (QED) is 0.800. The van der Waals surface area contributed by atoms with E-state index in [1.165, 1.54) is 32.1 Å². The van der Waals surface area contributed by atoms with Gasteiger partial charge in [-0.3, -0.25) is 0 Å². The molecule has 2 N–H and O–H groups in total. The van der Waals surface area contributed by atoms with Gasteiger partial charge >= 0.3 is 0 Å². The molecule has 2 fully saturated rings. The minimum absolute atomic E-state index is 0.228. The van der Waals surface area contributed by atoms with Crippen LogP contribution in [0.15, 0.2) is 0 Å².